The highest BCUT2D eigenvalue weighted by Crippen LogP contribution is 2.15. The summed E-state index contributed by atoms with van der Waals surface area (Å²) in [6, 6.07) is 0. The number of aromatic nitrogens is 3. The molecule has 0 radical (unpaired) electrons. The summed E-state index contributed by atoms with van der Waals surface area (Å²) in [5.41, 5.74) is 0. The molecule has 0 saturated carbocycles. The highest BCUT2D eigenvalue weighted by molar-refractivity contribution is 5.80. The largest absolute Gasteiger partial charge is 0.316 e. The zero-order valence-electron chi connectivity index (χ0n) is 9.65. The molecule has 1 aliphatic rings. The molecule has 5 nitrogen and oxygen atoms in total. The number of hydrogen-bond acceptors (Lipinski definition) is 4. The second kappa shape index (κ2) is 5.21. The molecule has 1 aliphatic heterocycles. The van der Waals surface area contributed by atoms with Crippen molar-refractivity contribution >= 4 is 5.78 Å². The summed E-state index contributed by atoms with van der Waals surface area (Å²) in [5, 5.41) is 7.28. The van der Waals surface area contributed by atoms with Crippen LogP contribution in [0.1, 0.15) is 25.1 Å². The van der Waals surface area contributed by atoms with Gasteiger partial charge < -0.3 is 5.32 Å². The molecule has 1 saturated heterocycles. The first kappa shape index (κ1) is 11.3. The SMILES string of the molecule is Cn1ncnc1CC(=O)CC1CCCNC1. The van der Waals surface area contributed by atoms with Gasteiger partial charge in [-0.1, -0.05) is 0 Å². The highest BCUT2D eigenvalue weighted by atomic mass is 16.1. The van der Waals surface area contributed by atoms with E-state index in [0.717, 1.165) is 25.3 Å². The molecule has 1 fully saturated rings. The van der Waals surface area contributed by atoms with E-state index in [4.69, 9.17) is 0 Å². The minimum Gasteiger partial charge on any atom is -0.316 e. The van der Waals surface area contributed by atoms with Gasteiger partial charge in [-0.15, -0.1) is 0 Å². The summed E-state index contributed by atoms with van der Waals surface area (Å²) in [5.74, 6) is 1.54. The number of ketones is 1. The summed E-state index contributed by atoms with van der Waals surface area (Å²) in [6.45, 7) is 2.07. The van der Waals surface area contributed by atoms with E-state index in [9.17, 15) is 4.79 Å². The Morgan fingerprint density at radius 1 is 1.69 bits per heavy atom. The van der Waals surface area contributed by atoms with Gasteiger partial charge in [0.1, 0.15) is 17.9 Å². The lowest BCUT2D eigenvalue weighted by atomic mass is 9.93. The van der Waals surface area contributed by atoms with Crippen molar-refractivity contribution in [1.29, 1.82) is 0 Å². The Morgan fingerprint density at radius 3 is 3.19 bits per heavy atom. The summed E-state index contributed by atoms with van der Waals surface area (Å²) >= 11 is 0. The van der Waals surface area contributed by atoms with Gasteiger partial charge in [0.15, 0.2) is 0 Å². The fraction of sp³-hybridized carbons (Fsp3) is 0.727. The lowest BCUT2D eigenvalue weighted by Gasteiger charge is -2.21. The van der Waals surface area contributed by atoms with E-state index in [1.165, 1.54) is 12.7 Å². The first-order valence-corrected chi connectivity index (χ1v) is 5.81. The fourth-order valence-electron chi connectivity index (χ4n) is 2.15. The van der Waals surface area contributed by atoms with E-state index in [0.29, 0.717) is 18.8 Å². The summed E-state index contributed by atoms with van der Waals surface area (Å²) in [4.78, 5) is 15.9. The molecular weight excluding hydrogens is 204 g/mol. The molecule has 1 aromatic rings. The van der Waals surface area contributed by atoms with Crippen LogP contribution in [0.25, 0.3) is 0 Å². The molecular formula is C11H18N4O. The first-order chi connectivity index (χ1) is 7.75. The highest BCUT2D eigenvalue weighted by Gasteiger charge is 2.17. The monoisotopic (exact) mass is 222 g/mol. The first-order valence-electron chi connectivity index (χ1n) is 5.81. The van der Waals surface area contributed by atoms with E-state index >= 15 is 0 Å². The number of Topliss-reactive ketones (excluding diaryl/α,β-unsaturated/α-hetero) is 1. The fourth-order valence-corrected chi connectivity index (χ4v) is 2.15. The maximum atomic E-state index is 11.8. The lowest BCUT2D eigenvalue weighted by molar-refractivity contribution is -0.119. The Hall–Kier alpha value is -1.23. The van der Waals surface area contributed by atoms with Crippen LogP contribution in [-0.2, 0) is 18.3 Å². The molecule has 0 spiro atoms. The Morgan fingerprint density at radius 2 is 2.56 bits per heavy atom. The second-order valence-corrected chi connectivity index (χ2v) is 4.43. The number of carbonyl (C=O) groups is 1. The van der Waals surface area contributed by atoms with Crippen LogP contribution in [0.2, 0.25) is 0 Å². The van der Waals surface area contributed by atoms with Crippen molar-refractivity contribution in [3.63, 3.8) is 0 Å². The van der Waals surface area contributed by atoms with Crippen LogP contribution in [0.5, 0.6) is 0 Å². The van der Waals surface area contributed by atoms with Crippen LogP contribution in [0.3, 0.4) is 0 Å². The number of piperidine rings is 1. The van der Waals surface area contributed by atoms with Gasteiger partial charge in [0.2, 0.25) is 0 Å². The van der Waals surface area contributed by atoms with Crippen LogP contribution in [0, 0.1) is 5.92 Å². The number of rotatable bonds is 4. The van der Waals surface area contributed by atoms with Crippen molar-refractivity contribution in [3.8, 4) is 0 Å². The minimum atomic E-state index is 0.268. The van der Waals surface area contributed by atoms with Gasteiger partial charge in [-0.05, 0) is 31.8 Å². The molecule has 2 heterocycles. The molecule has 1 aromatic heterocycles. The smallest absolute Gasteiger partial charge is 0.140 e. The third-order valence-electron chi connectivity index (χ3n) is 3.08. The van der Waals surface area contributed by atoms with E-state index in [1.807, 2.05) is 7.05 Å². The van der Waals surface area contributed by atoms with Gasteiger partial charge in [0.25, 0.3) is 0 Å². The quantitative estimate of drug-likeness (QED) is 0.797. The van der Waals surface area contributed by atoms with E-state index < -0.39 is 0 Å². The zero-order chi connectivity index (χ0) is 11.4. The molecule has 1 N–H and O–H groups in total. The summed E-state index contributed by atoms with van der Waals surface area (Å²) in [7, 11) is 1.82. The Balaban J connectivity index is 1.82. The average Bonchev–Trinajstić information content (AvgIpc) is 2.66. The molecule has 1 unspecified atom stereocenters. The summed E-state index contributed by atoms with van der Waals surface area (Å²) < 4.78 is 1.66. The zero-order valence-corrected chi connectivity index (χ0v) is 9.65. The molecule has 0 amide bonds. The van der Waals surface area contributed by atoms with E-state index in [2.05, 4.69) is 15.4 Å². The predicted molar refractivity (Wildman–Crippen MR) is 59.9 cm³/mol. The van der Waals surface area contributed by atoms with Gasteiger partial charge >= 0.3 is 0 Å². The van der Waals surface area contributed by atoms with Crippen molar-refractivity contribution in [2.24, 2.45) is 13.0 Å². The minimum absolute atomic E-state index is 0.268. The third kappa shape index (κ3) is 2.88. The topological polar surface area (TPSA) is 59.8 Å². The maximum Gasteiger partial charge on any atom is 0.140 e. The van der Waals surface area contributed by atoms with E-state index in [-0.39, 0.29) is 5.78 Å². The molecule has 0 aliphatic carbocycles. The third-order valence-corrected chi connectivity index (χ3v) is 3.08. The van der Waals surface area contributed by atoms with Crippen LogP contribution in [-0.4, -0.2) is 33.6 Å². The second-order valence-electron chi connectivity index (χ2n) is 4.43. The van der Waals surface area contributed by atoms with E-state index in [1.54, 1.807) is 4.68 Å². The van der Waals surface area contributed by atoms with Crippen LogP contribution in [0.4, 0.5) is 0 Å². The molecule has 2 rings (SSSR count). The van der Waals surface area contributed by atoms with Gasteiger partial charge in [0, 0.05) is 13.5 Å². The standard InChI is InChI=1S/C11H18N4O/c1-15-11(13-8-14-15)6-10(16)5-9-3-2-4-12-7-9/h8-9,12H,2-7H2,1H3. The Bertz CT molecular complexity index is 355. The molecule has 0 aromatic carbocycles. The number of nitrogens with zero attached hydrogens (tertiary/aromatic N) is 3. The average molecular weight is 222 g/mol. The van der Waals surface area contributed by atoms with Gasteiger partial charge in [-0.3, -0.25) is 9.48 Å². The summed E-state index contributed by atoms with van der Waals surface area (Å²) in [6.07, 6.45) is 4.91. The number of aryl methyl sites for hydroxylation is 1. The molecule has 0 bridgehead atoms. The van der Waals surface area contributed by atoms with Crippen LogP contribution < -0.4 is 5.32 Å². The van der Waals surface area contributed by atoms with Crippen LogP contribution >= 0.6 is 0 Å². The van der Waals surface area contributed by atoms with Crippen molar-refractivity contribution in [1.82, 2.24) is 20.1 Å². The van der Waals surface area contributed by atoms with Gasteiger partial charge in [0.05, 0.1) is 6.42 Å². The predicted octanol–water partition coefficient (Wildman–Crippen LogP) is 0.316. The molecule has 5 heteroatoms. The van der Waals surface area contributed by atoms with Gasteiger partial charge in [-0.25, -0.2) is 4.98 Å². The van der Waals surface area contributed by atoms with Crippen molar-refractivity contribution in [2.45, 2.75) is 25.7 Å². The number of carbonyl (C=O) groups excluding carboxylic acids is 1. The Kier molecular flexibility index (Phi) is 3.66. The van der Waals surface area contributed by atoms with Crippen molar-refractivity contribution in [2.75, 3.05) is 13.1 Å². The Labute approximate surface area is 95.2 Å². The van der Waals surface area contributed by atoms with Gasteiger partial charge in [-0.2, -0.15) is 5.10 Å². The lowest BCUT2D eigenvalue weighted by Crippen LogP contribution is -2.31. The van der Waals surface area contributed by atoms with Crippen molar-refractivity contribution < 1.29 is 4.79 Å². The van der Waals surface area contributed by atoms with Crippen molar-refractivity contribution in [3.05, 3.63) is 12.2 Å². The molecule has 1 atom stereocenters. The number of hydrogen-bond donors (Lipinski definition) is 1. The maximum absolute atomic E-state index is 11.8. The van der Waals surface area contributed by atoms with Crippen LogP contribution in [0.15, 0.2) is 6.33 Å². The molecule has 88 valence electrons. The normalized spacial score (nSPS) is 20.9. The number of nitrogens with one attached hydrogen (secondary N) is 1. The molecule has 16 heavy (non-hydrogen) atoms.